The molecule has 3 aromatic rings. The van der Waals surface area contributed by atoms with Gasteiger partial charge in [0.2, 0.25) is 0 Å². The van der Waals surface area contributed by atoms with Crippen LogP contribution in [-0.4, -0.2) is 14.8 Å². The van der Waals surface area contributed by atoms with Crippen molar-refractivity contribution in [3.8, 4) is 0 Å². The minimum atomic E-state index is -0.295. The third kappa shape index (κ3) is 3.55. The molecule has 0 unspecified atom stereocenters. The SMILES string of the molecule is Cc1ccc2c(CSc3nnc(C)n3C3CCCCC3)cc(=O)oc2c1C. The number of thioether (sulfide) groups is 1. The number of nitrogens with zero attached hydrogens (tertiary/aromatic N) is 3. The average molecular weight is 384 g/mol. The van der Waals surface area contributed by atoms with Gasteiger partial charge in [-0.2, -0.15) is 0 Å². The van der Waals surface area contributed by atoms with Crippen molar-refractivity contribution in [2.24, 2.45) is 0 Å². The Labute approximate surface area is 163 Å². The van der Waals surface area contributed by atoms with E-state index in [1.165, 1.54) is 32.1 Å². The summed E-state index contributed by atoms with van der Waals surface area (Å²) >= 11 is 1.66. The van der Waals surface area contributed by atoms with E-state index >= 15 is 0 Å². The fourth-order valence-corrected chi connectivity index (χ4v) is 5.04. The van der Waals surface area contributed by atoms with E-state index < -0.39 is 0 Å². The molecule has 1 aliphatic carbocycles. The molecule has 0 bridgehead atoms. The zero-order valence-corrected chi connectivity index (χ0v) is 16.9. The highest BCUT2D eigenvalue weighted by atomic mass is 32.2. The highest BCUT2D eigenvalue weighted by Crippen LogP contribution is 2.34. The average Bonchev–Trinajstić information content (AvgIpc) is 3.04. The largest absolute Gasteiger partial charge is 0.422 e. The zero-order valence-electron chi connectivity index (χ0n) is 16.1. The van der Waals surface area contributed by atoms with Crippen molar-refractivity contribution in [3.05, 3.63) is 51.1 Å². The first-order valence-corrected chi connectivity index (χ1v) is 10.6. The van der Waals surface area contributed by atoms with Crippen LogP contribution in [0.15, 0.2) is 32.6 Å². The van der Waals surface area contributed by atoms with Gasteiger partial charge in [0.1, 0.15) is 11.4 Å². The van der Waals surface area contributed by atoms with E-state index in [4.69, 9.17) is 4.42 Å². The molecule has 0 N–H and O–H groups in total. The van der Waals surface area contributed by atoms with Crippen molar-refractivity contribution < 1.29 is 4.42 Å². The minimum Gasteiger partial charge on any atom is -0.422 e. The second-order valence-electron chi connectivity index (χ2n) is 7.46. The van der Waals surface area contributed by atoms with E-state index in [1.807, 2.05) is 26.8 Å². The molecule has 1 saturated carbocycles. The van der Waals surface area contributed by atoms with E-state index in [2.05, 4.69) is 20.8 Å². The van der Waals surface area contributed by atoms with Crippen LogP contribution in [0.5, 0.6) is 0 Å². The van der Waals surface area contributed by atoms with Crippen molar-refractivity contribution in [1.82, 2.24) is 14.8 Å². The zero-order chi connectivity index (χ0) is 19.0. The number of hydrogen-bond acceptors (Lipinski definition) is 5. The quantitative estimate of drug-likeness (QED) is 0.463. The van der Waals surface area contributed by atoms with E-state index in [0.29, 0.717) is 17.4 Å². The number of aromatic nitrogens is 3. The first-order chi connectivity index (χ1) is 13.0. The maximum atomic E-state index is 12.1. The van der Waals surface area contributed by atoms with Crippen LogP contribution < -0.4 is 5.63 Å². The van der Waals surface area contributed by atoms with Gasteiger partial charge in [-0.05, 0) is 50.3 Å². The lowest BCUT2D eigenvalue weighted by molar-refractivity contribution is 0.332. The first-order valence-electron chi connectivity index (χ1n) is 9.62. The van der Waals surface area contributed by atoms with Gasteiger partial charge in [0.25, 0.3) is 0 Å². The first kappa shape index (κ1) is 18.3. The topological polar surface area (TPSA) is 60.9 Å². The molecule has 5 nitrogen and oxygen atoms in total. The minimum absolute atomic E-state index is 0.295. The van der Waals surface area contributed by atoms with Crippen LogP contribution >= 0.6 is 11.8 Å². The highest BCUT2D eigenvalue weighted by Gasteiger charge is 2.21. The molecule has 27 heavy (non-hydrogen) atoms. The molecule has 2 heterocycles. The molecule has 1 aromatic carbocycles. The van der Waals surface area contributed by atoms with E-state index in [9.17, 15) is 4.79 Å². The summed E-state index contributed by atoms with van der Waals surface area (Å²) in [5, 5.41) is 10.7. The summed E-state index contributed by atoms with van der Waals surface area (Å²) in [6, 6.07) is 6.24. The number of fused-ring (bicyclic) bond motifs is 1. The molecule has 0 atom stereocenters. The monoisotopic (exact) mass is 383 g/mol. The van der Waals surface area contributed by atoms with Crippen molar-refractivity contribution in [2.75, 3.05) is 0 Å². The maximum Gasteiger partial charge on any atom is 0.336 e. The Morgan fingerprint density at radius 1 is 1.15 bits per heavy atom. The Bertz CT molecular complexity index is 1030. The fourth-order valence-electron chi connectivity index (χ4n) is 3.99. The Hall–Kier alpha value is -2.08. The molecule has 1 aliphatic rings. The van der Waals surface area contributed by atoms with Crippen LogP contribution in [-0.2, 0) is 5.75 Å². The second-order valence-corrected chi connectivity index (χ2v) is 8.40. The molecule has 4 rings (SSSR count). The lowest BCUT2D eigenvalue weighted by atomic mass is 9.95. The molecule has 0 radical (unpaired) electrons. The van der Waals surface area contributed by atoms with E-state index in [1.54, 1.807) is 17.8 Å². The molecular weight excluding hydrogens is 358 g/mol. The smallest absolute Gasteiger partial charge is 0.336 e. The predicted octanol–water partition coefficient (Wildman–Crippen LogP) is 5.11. The van der Waals surface area contributed by atoms with Crippen LogP contribution in [0.2, 0.25) is 0 Å². The third-order valence-corrected chi connectivity index (χ3v) is 6.64. The summed E-state index contributed by atoms with van der Waals surface area (Å²) in [6.45, 7) is 6.07. The van der Waals surface area contributed by atoms with Crippen LogP contribution in [0.4, 0.5) is 0 Å². The van der Waals surface area contributed by atoms with Gasteiger partial charge in [0, 0.05) is 23.2 Å². The number of hydrogen-bond donors (Lipinski definition) is 0. The Kier molecular flexibility index (Phi) is 5.08. The van der Waals surface area contributed by atoms with Gasteiger partial charge < -0.3 is 8.98 Å². The number of rotatable bonds is 4. The van der Waals surface area contributed by atoms with Gasteiger partial charge in [-0.15, -0.1) is 10.2 Å². The van der Waals surface area contributed by atoms with Crippen molar-refractivity contribution >= 4 is 22.7 Å². The molecule has 2 aromatic heterocycles. The summed E-state index contributed by atoms with van der Waals surface area (Å²) < 4.78 is 7.79. The highest BCUT2D eigenvalue weighted by molar-refractivity contribution is 7.98. The second kappa shape index (κ2) is 7.50. The summed E-state index contributed by atoms with van der Waals surface area (Å²) in [5.41, 5.74) is 3.55. The predicted molar refractivity (Wildman–Crippen MR) is 108 cm³/mol. The number of benzene rings is 1. The van der Waals surface area contributed by atoms with E-state index in [0.717, 1.165) is 33.1 Å². The summed E-state index contributed by atoms with van der Waals surface area (Å²) in [6.07, 6.45) is 6.26. The van der Waals surface area contributed by atoms with Crippen LogP contribution in [0.3, 0.4) is 0 Å². The normalized spacial score (nSPS) is 15.5. The molecule has 142 valence electrons. The lowest BCUT2D eigenvalue weighted by Crippen LogP contribution is -2.15. The van der Waals surface area contributed by atoms with Crippen LogP contribution in [0, 0.1) is 20.8 Å². The molecule has 0 spiro atoms. The molecular formula is C21H25N3O2S. The standard InChI is InChI=1S/C21H25N3O2S/c1-13-9-10-18-16(11-19(25)26-20(18)14(13)2)12-27-21-23-22-15(3)24(21)17-7-5-4-6-8-17/h9-11,17H,4-8,12H2,1-3H3. The summed E-state index contributed by atoms with van der Waals surface area (Å²) in [5.74, 6) is 1.66. The van der Waals surface area contributed by atoms with Gasteiger partial charge in [-0.1, -0.05) is 43.2 Å². The van der Waals surface area contributed by atoms with Gasteiger partial charge in [0.05, 0.1) is 0 Å². The Morgan fingerprint density at radius 3 is 2.70 bits per heavy atom. The van der Waals surface area contributed by atoms with E-state index in [-0.39, 0.29) is 5.63 Å². The molecule has 0 aliphatic heterocycles. The van der Waals surface area contributed by atoms with Crippen molar-refractivity contribution in [2.45, 2.75) is 69.8 Å². The molecule has 0 saturated heterocycles. The number of aryl methyl sites for hydroxylation is 3. The molecule has 0 amide bonds. The van der Waals surface area contributed by atoms with Gasteiger partial charge in [-0.3, -0.25) is 0 Å². The van der Waals surface area contributed by atoms with Gasteiger partial charge in [0.15, 0.2) is 5.16 Å². The van der Waals surface area contributed by atoms with Gasteiger partial charge in [-0.25, -0.2) is 4.79 Å². The Morgan fingerprint density at radius 2 is 1.93 bits per heavy atom. The lowest BCUT2D eigenvalue weighted by Gasteiger charge is -2.25. The van der Waals surface area contributed by atoms with Crippen molar-refractivity contribution in [1.29, 1.82) is 0 Å². The van der Waals surface area contributed by atoms with Crippen LogP contribution in [0.1, 0.15) is 60.7 Å². The molecule has 1 fully saturated rings. The molecule has 6 heteroatoms. The van der Waals surface area contributed by atoms with Gasteiger partial charge >= 0.3 is 5.63 Å². The summed E-state index contributed by atoms with van der Waals surface area (Å²) in [4.78, 5) is 12.1. The summed E-state index contributed by atoms with van der Waals surface area (Å²) in [7, 11) is 0. The fraction of sp³-hybridized carbons (Fsp3) is 0.476. The Balaban J connectivity index is 1.65. The maximum absolute atomic E-state index is 12.1. The van der Waals surface area contributed by atoms with Crippen LogP contribution in [0.25, 0.3) is 11.0 Å². The van der Waals surface area contributed by atoms with Crippen molar-refractivity contribution in [3.63, 3.8) is 0 Å². The third-order valence-electron chi connectivity index (χ3n) is 5.65.